The molecule has 0 heterocycles. The molecule has 0 aliphatic heterocycles. The number of carbonyl (C=O) groups excluding carboxylic acids is 2. The molecule has 1 N–H and O–H groups in total. The van der Waals surface area contributed by atoms with E-state index in [1.165, 1.54) is 51.4 Å². The lowest BCUT2D eigenvalue weighted by atomic mass is 10.1. The van der Waals surface area contributed by atoms with Crippen molar-refractivity contribution >= 4 is 11.9 Å². The predicted octanol–water partition coefficient (Wildman–Crippen LogP) is 13.1. The number of ether oxygens (including phenoxy) is 2. The zero-order chi connectivity index (χ0) is 37.8. The summed E-state index contributed by atoms with van der Waals surface area (Å²) in [6.07, 6.45) is 60.1. The van der Waals surface area contributed by atoms with E-state index in [4.69, 9.17) is 9.47 Å². The van der Waals surface area contributed by atoms with E-state index in [2.05, 4.69) is 111 Å². The van der Waals surface area contributed by atoms with Crippen molar-refractivity contribution in [1.82, 2.24) is 0 Å². The summed E-state index contributed by atoms with van der Waals surface area (Å²) in [7, 11) is 0. The quantitative estimate of drug-likeness (QED) is 0.0401. The largest absolute Gasteiger partial charge is 0.462 e. The second-order valence-electron chi connectivity index (χ2n) is 13.0. The lowest BCUT2D eigenvalue weighted by molar-refractivity contribution is -0.161. The fourth-order valence-corrected chi connectivity index (χ4v) is 4.93. The van der Waals surface area contributed by atoms with Gasteiger partial charge in [0, 0.05) is 12.8 Å². The highest BCUT2D eigenvalue weighted by Gasteiger charge is 2.15. The molecule has 0 rings (SSSR count). The van der Waals surface area contributed by atoms with E-state index in [1.54, 1.807) is 0 Å². The molecule has 0 spiro atoms. The number of esters is 2. The van der Waals surface area contributed by atoms with Gasteiger partial charge in [0.1, 0.15) is 6.61 Å². The number of rotatable bonds is 35. The van der Waals surface area contributed by atoms with E-state index in [0.29, 0.717) is 12.8 Å². The average molecular weight is 719 g/mol. The third-order valence-corrected chi connectivity index (χ3v) is 8.05. The molecule has 0 saturated heterocycles. The summed E-state index contributed by atoms with van der Waals surface area (Å²) in [5.74, 6) is -0.735. The molecule has 0 saturated carbocycles. The van der Waals surface area contributed by atoms with Crippen molar-refractivity contribution in [3.8, 4) is 0 Å². The van der Waals surface area contributed by atoms with Gasteiger partial charge in [0.05, 0.1) is 6.61 Å². The minimum atomic E-state index is -0.826. The number of carbonyl (C=O) groups is 2. The number of allylic oxidation sites excluding steroid dienone is 18. The van der Waals surface area contributed by atoms with Crippen molar-refractivity contribution in [3.05, 3.63) is 109 Å². The van der Waals surface area contributed by atoms with Crippen LogP contribution in [0.5, 0.6) is 0 Å². The monoisotopic (exact) mass is 719 g/mol. The standard InChI is InChI=1S/C47H74O5/c1-3-5-7-9-11-13-15-17-19-21-23-25-27-29-31-33-35-37-39-41-46(49)51-44-45(43-48)52-47(50)42-40-38-36-34-32-30-28-26-24-22-20-18-16-14-12-10-8-6-4-2/h11-14,17-20,23-26,29-32,35,37,45,48H,3-10,15-16,21-22,27-28,33-34,36,38-44H2,1-2H3/t45-/m0/s1. The lowest BCUT2D eigenvalue weighted by Crippen LogP contribution is -2.28. The van der Waals surface area contributed by atoms with Crippen molar-refractivity contribution in [1.29, 1.82) is 0 Å². The normalized spacial score (nSPS) is 13.4. The molecule has 292 valence electrons. The van der Waals surface area contributed by atoms with Crippen LogP contribution in [0, 0.1) is 0 Å². The van der Waals surface area contributed by atoms with E-state index in [1.807, 2.05) is 12.2 Å². The maximum absolute atomic E-state index is 12.2. The maximum atomic E-state index is 12.2. The summed E-state index contributed by atoms with van der Waals surface area (Å²) in [6, 6.07) is 0. The van der Waals surface area contributed by atoms with Crippen LogP contribution in [-0.4, -0.2) is 36.4 Å². The molecule has 0 aliphatic carbocycles. The van der Waals surface area contributed by atoms with Gasteiger partial charge in [-0.1, -0.05) is 155 Å². The predicted molar refractivity (Wildman–Crippen MR) is 223 cm³/mol. The SMILES string of the molecule is CCCCCC=CCC=CCC=CCC=CCC=CCCC(=O)OC[C@H](CO)OC(=O)CCCCCC=CCC=CCC=CCC=CCCCCC. The van der Waals surface area contributed by atoms with Gasteiger partial charge in [0.25, 0.3) is 0 Å². The molecule has 5 heteroatoms. The number of hydrogen-bond acceptors (Lipinski definition) is 5. The molecule has 0 unspecified atom stereocenters. The average Bonchev–Trinajstić information content (AvgIpc) is 3.15. The summed E-state index contributed by atoms with van der Waals surface area (Å²) in [5.41, 5.74) is 0. The first-order chi connectivity index (χ1) is 25.6. The second kappa shape index (κ2) is 42.0. The van der Waals surface area contributed by atoms with Crippen LogP contribution in [-0.2, 0) is 19.1 Å². The Kier molecular flexibility index (Phi) is 39.2. The summed E-state index contributed by atoms with van der Waals surface area (Å²) in [4.78, 5) is 24.2. The van der Waals surface area contributed by atoms with Crippen LogP contribution < -0.4 is 0 Å². The minimum absolute atomic E-state index is 0.126. The topological polar surface area (TPSA) is 72.8 Å². The lowest BCUT2D eigenvalue weighted by Gasteiger charge is -2.15. The van der Waals surface area contributed by atoms with Crippen molar-refractivity contribution < 1.29 is 24.2 Å². The Labute approximate surface area is 319 Å². The van der Waals surface area contributed by atoms with Crippen molar-refractivity contribution in [2.24, 2.45) is 0 Å². The van der Waals surface area contributed by atoms with Gasteiger partial charge in [-0.15, -0.1) is 0 Å². The van der Waals surface area contributed by atoms with Crippen molar-refractivity contribution in [2.45, 2.75) is 161 Å². The highest BCUT2D eigenvalue weighted by molar-refractivity contribution is 5.70. The second-order valence-corrected chi connectivity index (χ2v) is 13.0. The molecule has 0 aromatic rings. The molecule has 52 heavy (non-hydrogen) atoms. The smallest absolute Gasteiger partial charge is 0.306 e. The van der Waals surface area contributed by atoms with Gasteiger partial charge in [0.15, 0.2) is 6.10 Å². The van der Waals surface area contributed by atoms with Crippen molar-refractivity contribution in [2.75, 3.05) is 13.2 Å². The highest BCUT2D eigenvalue weighted by Crippen LogP contribution is 2.08. The van der Waals surface area contributed by atoms with Gasteiger partial charge >= 0.3 is 11.9 Å². The van der Waals surface area contributed by atoms with E-state index in [0.717, 1.165) is 70.6 Å². The molecule has 0 aromatic carbocycles. The fraction of sp³-hybridized carbons (Fsp3) is 0.574. The Morgan fingerprint density at radius 1 is 0.442 bits per heavy atom. The Morgan fingerprint density at radius 2 is 0.808 bits per heavy atom. The van der Waals surface area contributed by atoms with E-state index in [-0.39, 0.29) is 31.6 Å². The molecule has 5 nitrogen and oxygen atoms in total. The number of hydrogen-bond donors (Lipinski definition) is 1. The molecule has 0 fully saturated rings. The van der Waals surface area contributed by atoms with Gasteiger partial charge in [-0.05, 0) is 96.3 Å². The van der Waals surface area contributed by atoms with Gasteiger partial charge < -0.3 is 14.6 Å². The van der Waals surface area contributed by atoms with E-state index in [9.17, 15) is 14.7 Å². The molecule has 0 aromatic heterocycles. The Hall–Kier alpha value is -3.44. The summed E-state index contributed by atoms with van der Waals surface area (Å²) >= 11 is 0. The maximum Gasteiger partial charge on any atom is 0.306 e. The van der Waals surface area contributed by atoms with Crippen LogP contribution >= 0.6 is 0 Å². The third kappa shape index (κ3) is 39.3. The Morgan fingerprint density at radius 3 is 1.19 bits per heavy atom. The molecule has 0 radical (unpaired) electrons. The first-order valence-corrected chi connectivity index (χ1v) is 20.4. The van der Waals surface area contributed by atoms with Crippen LogP contribution in [0.3, 0.4) is 0 Å². The molecule has 1 atom stereocenters. The minimum Gasteiger partial charge on any atom is -0.462 e. The van der Waals surface area contributed by atoms with Gasteiger partial charge in [-0.3, -0.25) is 9.59 Å². The zero-order valence-corrected chi connectivity index (χ0v) is 33.0. The molecule has 0 aliphatic rings. The third-order valence-electron chi connectivity index (χ3n) is 8.05. The first kappa shape index (κ1) is 48.6. The number of aliphatic hydroxyl groups is 1. The van der Waals surface area contributed by atoms with Crippen LogP contribution in [0.15, 0.2) is 109 Å². The van der Waals surface area contributed by atoms with Crippen LogP contribution in [0.1, 0.15) is 155 Å². The fourth-order valence-electron chi connectivity index (χ4n) is 4.93. The summed E-state index contributed by atoms with van der Waals surface area (Å²) in [6.45, 7) is 3.97. The van der Waals surface area contributed by atoms with Gasteiger partial charge in [0.2, 0.25) is 0 Å². The summed E-state index contributed by atoms with van der Waals surface area (Å²) < 4.78 is 10.5. The Bertz CT molecular complexity index is 1090. The molecule has 0 bridgehead atoms. The Balaban J connectivity index is 3.79. The number of aliphatic hydroxyl groups excluding tert-OH is 1. The molecule has 0 amide bonds. The molecular formula is C47H74O5. The van der Waals surface area contributed by atoms with Crippen LogP contribution in [0.2, 0.25) is 0 Å². The highest BCUT2D eigenvalue weighted by atomic mass is 16.6. The van der Waals surface area contributed by atoms with E-state index < -0.39 is 6.10 Å². The van der Waals surface area contributed by atoms with Crippen LogP contribution in [0.4, 0.5) is 0 Å². The first-order valence-electron chi connectivity index (χ1n) is 20.4. The van der Waals surface area contributed by atoms with E-state index >= 15 is 0 Å². The van der Waals surface area contributed by atoms with Gasteiger partial charge in [-0.25, -0.2) is 0 Å². The van der Waals surface area contributed by atoms with Crippen molar-refractivity contribution in [3.63, 3.8) is 0 Å². The summed E-state index contributed by atoms with van der Waals surface area (Å²) in [5, 5.41) is 9.55. The van der Waals surface area contributed by atoms with Crippen LogP contribution in [0.25, 0.3) is 0 Å². The zero-order valence-electron chi connectivity index (χ0n) is 33.0. The van der Waals surface area contributed by atoms with Gasteiger partial charge in [-0.2, -0.15) is 0 Å². The number of unbranched alkanes of at least 4 members (excludes halogenated alkanes) is 9. The molecular weight excluding hydrogens is 645 g/mol.